The lowest BCUT2D eigenvalue weighted by atomic mass is 10.1. The number of benzene rings is 2. The van der Waals surface area contributed by atoms with Gasteiger partial charge in [-0.25, -0.2) is 4.79 Å². The summed E-state index contributed by atoms with van der Waals surface area (Å²) in [5, 5.41) is 5.33. The molecule has 7 heteroatoms. The zero-order valence-electron chi connectivity index (χ0n) is 17.0. The average Bonchev–Trinajstić information content (AvgIpc) is 3.40. The number of halogens is 1. The van der Waals surface area contributed by atoms with Gasteiger partial charge in [0.25, 0.3) is 0 Å². The Morgan fingerprint density at radius 3 is 2.70 bits per heavy atom. The average molecular weight is 443 g/mol. The van der Waals surface area contributed by atoms with Crippen LogP contribution < -0.4 is 4.74 Å². The number of oxime groups is 1. The predicted molar refractivity (Wildman–Crippen MR) is 122 cm³/mol. The van der Waals surface area contributed by atoms with Crippen LogP contribution in [0.25, 0.3) is 10.1 Å². The lowest BCUT2D eigenvalue weighted by molar-refractivity contribution is 0.0522. The van der Waals surface area contributed by atoms with E-state index in [0.29, 0.717) is 15.6 Å². The van der Waals surface area contributed by atoms with E-state index in [9.17, 15) is 4.79 Å². The van der Waals surface area contributed by atoms with Crippen LogP contribution in [0.3, 0.4) is 0 Å². The van der Waals surface area contributed by atoms with Crippen LogP contribution in [0.5, 0.6) is 5.75 Å². The number of fused-ring (bicyclic) bond motifs is 1. The Morgan fingerprint density at radius 1 is 1.20 bits per heavy atom. The van der Waals surface area contributed by atoms with Gasteiger partial charge in [-0.1, -0.05) is 35.0 Å². The van der Waals surface area contributed by atoms with Crippen molar-refractivity contribution in [3.8, 4) is 5.75 Å². The molecular formula is C23H23ClN2O3S. The molecule has 0 amide bonds. The molecule has 1 saturated heterocycles. The van der Waals surface area contributed by atoms with Gasteiger partial charge in [0.2, 0.25) is 0 Å². The van der Waals surface area contributed by atoms with Crippen molar-refractivity contribution in [1.82, 2.24) is 4.90 Å². The molecule has 3 aromatic rings. The molecule has 1 fully saturated rings. The van der Waals surface area contributed by atoms with Crippen molar-refractivity contribution in [3.05, 3.63) is 63.5 Å². The van der Waals surface area contributed by atoms with Crippen molar-refractivity contribution in [2.75, 3.05) is 20.2 Å². The van der Waals surface area contributed by atoms with Crippen molar-refractivity contribution in [1.29, 1.82) is 0 Å². The molecule has 0 N–H and O–H groups in total. The highest BCUT2D eigenvalue weighted by Crippen LogP contribution is 2.35. The first kappa shape index (κ1) is 20.8. The third-order valence-electron chi connectivity index (χ3n) is 5.28. The fraction of sp³-hybridized carbons (Fsp3) is 0.304. The third kappa shape index (κ3) is 4.36. The summed E-state index contributed by atoms with van der Waals surface area (Å²) in [6.45, 7) is 4.87. The molecule has 156 valence electrons. The van der Waals surface area contributed by atoms with Crippen molar-refractivity contribution in [3.63, 3.8) is 0 Å². The van der Waals surface area contributed by atoms with Crippen LogP contribution in [0.15, 0.2) is 47.6 Å². The second kappa shape index (κ2) is 9.16. The largest absolute Gasteiger partial charge is 0.496 e. The maximum absolute atomic E-state index is 12.5. The van der Waals surface area contributed by atoms with Gasteiger partial charge in [-0.2, -0.15) is 0 Å². The Bertz CT molecular complexity index is 1100. The Kier molecular flexibility index (Phi) is 6.37. The SMILES string of the molecule is COc1ccc(C(C)=NOC(=O)c2sc3ccccc3c2Cl)cc1CN1CCCC1. The minimum atomic E-state index is -0.550. The number of rotatable bonds is 6. The minimum absolute atomic E-state index is 0.360. The summed E-state index contributed by atoms with van der Waals surface area (Å²) in [5.41, 5.74) is 2.61. The summed E-state index contributed by atoms with van der Waals surface area (Å²) in [6, 6.07) is 13.5. The number of carbonyl (C=O) groups excluding carboxylic acids is 1. The van der Waals surface area contributed by atoms with Crippen molar-refractivity contribution >= 4 is 44.7 Å². The van der Waals surface area contributed by atoms with E-state index in [1.54, 1.807) is 7.11 Å². The molecule has 2 heterocycles. The molecule has 0 unspecified atom stereocenters. The molecule has 0 radical (unpaired) electrons. The van der Waals surface area contributed by atoms with E-state index >= 15 is 0 Å². The van der Waals surface area contributed by atoms with Crippen LogP contribution in [0.1, 0.15) is 40.6 Å². The number of nitrogens with zero attached hydrogens (tertiary/aromatic N) is 2. The molecule has 1 aliphatic rings. The summed E-state index contributed by atoms with van der Waals surface area (Å²) < 4.78 is 6.46. The number of carbonyl (C=O) groups is 1. The van der Waals surface area contributed by atoms with Gasteiger partial charge in [0, 0.05) is 22.2 Å². The van der Waals surface area contributed by atoms with E-state index in [2.05, 4.69) is 16.1 Å². The monoisotopic (exact) mass is 442 g/mol. The standard InChI is InChI=1S/C23H23ClN2O3S/c1-15(16-9-10-19(28-2)17(13-16)14-26-11-5-6-12-26)25-29-23(27)22-21(24)18-7-3-4-8-20(18)30-22/h3-4,7-10,13H,5-6,11-12,14H2,1-2H3. The Labute approximate surface area is 184 Å². The number of thiophene rings is 1. The molecule has 0 aliphatic carbocycles. The van der Waals surface area contributed by atoms with Crippen molar-refractivity contribution in [2.45, 2.75) is 26.3 Å². The van der Waals surface area contributed by atoms with Gasteiger partial charge in [0.05, 0.1) is 17.8 Å². The molecule has 0 atom stereocenters. The molecule has 0 saturated carbocycles. The zero-order valence-corrected chi connectivity index (χ0v) is 18.6. The molecule has 4 rings (SSSR count). The van der Waals surface area contributed by atoms with Crippen molar-refractivity contribution < 1.29 is 14.4 Å². The molecular weight excluding hydrogens is 420 g/mol. The predicted octanol–water partition coefficient (Wildman–Crippen LogP) is 5.74. The lowest BCUT2D eigenvalue weighted by Crippen LogP contribution is -2.19. The van der Waals surface area contributed by atoms with E-state index in [1.165, 1.54) is 24.2 Å². The highest BCUT2D eigenvalue weighted by atomic mass is 35.5. The molecule has 5 nitrogen and oxygen atoms in total. The molecule has 0 bridgehead atoms. The number of hydrogen-bond acceptors (Lipinski definition) is 6. The fourth-order valence-corrected chi connectivity index (χ4v) is 5.04. The van der Waals surface area contributed by atoms with Crippen LogP contribution in [-0.4, -0.2) is 36.8 Å². The van der Waals surface area contributed by atoms with E-state index in [4.69, 9.17) is 21.2 Å². The van der Waals surface area contributed by atoms with Gasteiger partial charge in [0.1, 0.15) is 10.6 Å². The zero-order chi connectivity index (χ0) is 21.1. The van der Waals surface area contributed by atoms with Crippen LogP contribution in [-0.2, 0) is 11.4 Å². The number of methoxy groups -OCH3 is 1. The maximum atomic E-state index is 12.5. The summed E-state index contributed by atoms with van der Waals surface area (Å²) in [7, 11) is 1.68. The first-order valence-electron chi connectivity index (χ1n) is 9.89. The summed E-state index contributed by atoms with van der Waals surface area (Å²) in [4.78, 5) is 20.5. The van der Waals surface area contributed by atoms with Gasteiger partial charge < -0.3 is 9.57 Å². The Balaban J connectivity index is 1.52. The highest BCUT2D eigenvalue weighted by Gasteiger charge is 2.19. The van der Waals surface area contributed by atoms with Gasteiger partial charge in [-0.3, -0.25) is 4.90 Å². The smallest absolute Gasteiger partial charge is 0.377 e. The number of ether oxygens (including phenoxy) is 1. The molecule has 30 heavy (non-hydrogen) atoms. The van der Waals surface area contributed by atoms with Crippen molar-refractivity contribution in [2.24, 2.45) is 5.16 Å². The van der Waals surface area contributed by atoms with Crippen LogP contribution in [0.4, 0.5) is 0 Å². The van der Waals surface area contributed by atoms with Crippen LogP contribution in [0.2, 0.25) is 5.02 Å². The second-order valence-electron chi connectivity index (χ2n) is 7.31. The highest BCUT2D eigenvalue weighted by molar-refractivity contribution is 7.21. The first-order chi connectivity index (χ1) is 14.6. The second-order valence-corrected chi connectivity index (χ2v) is 8.74. The first-order valence-corrected chi connectivity index (χ1v) is 11.1. The van der Waals surface area contributed by atoms with Crippen LogP contribution >= 0.6 is 22.9 Å². The normalized spacial score (nSPS) is 15.0. The van der Waals surface area contributed by atoms with E-state index in [-0.39, 0.29) is 0 Å². The summed E-state index contributed by atoms with van der Waals surface area (Å²) >= 11 is 7.67. The minimum Gasteiger partial charge on any atom is -0.496 e. The third-order valence-corrected chi connectivity index (χ3v) is 6.93. The van der Waals surface area contributed by atoms with E-state index in [1.807, 2.05) is 43.3 Å². The fourth-order valence-electron chi connectivity index (χ4n) is 3.66. The van der Waals surface area contributed by atoms with Gasteiger partial charge in [-0.05, 0) is 62.7 Å². The Hall–Kier alpha value is -2.41. The van der Waals surface area contributed by atoms with Gasteiger partial charge in [-0.15, -0.1) is 11.3 Å². The quantitative estimate of drug-likeness (QED) is 0.277. The van der Waals surface area contributed by atoms with Gasteiger partial charge >= 0.3 is 5.97 Å². The molecule has 1 aromatic heterocycles. The summed E-state index contributed by atoms with van der Waals surface area (Å²) in [5.74, 6) is 0.304. The Morgan fingerprint density at radius 2 is 1.97 bits per heavy atom. The number of likely N-dealkylation sites (tertiary alicyclic amines) is 1. The summed E-state index contributed by atoms with van der Waals surface area (Å²) in [6.07, 6.45) is 2.47. The molecule has 1 aliphatic heterocycles. The molecule has 0 spiro atoms. The molecule has 2 aromatic carbocycles. The van der Waals surface area contributed by atoms with E-state index < -0.39 is 5.97 Å². The van der Waals surface area contributed by atoms with E-state index in [0.717, 1.165) is 46.6 Å². The lowest BCUT2D eigenvalue weighted by Gasteiger charge is -2.17. The van der Waals surface area contributed by atoms with Gasteiger partial charge in [0.15, 0.2) is 0 Å². The van der Waals surface area contributed by atoms with Crippen LogP contribution in [0, 0.1) is 0 Å². The number of hydrogen-bond donors (Lipinski definition) is 0. The maximum Gasteiger partial charge on any atom is 0.377 e. The topological polar surface area (TPSA) is 51.1 Å².